The Morgan fingerprint density at radius 3 is 2.41 bits per heavy atom. The summed E-state index contributed by atoms with van der Waals surface area (Å²) in [5.74, 6) is 0.835. The van der Waals surface area contributed by atoms with Gasteiger partial charge in [0.1, 0.15) is 23.8 Å². The highest BCUT2D eigenvalue weighted by Crippen LogP contribution is 2.21. The van der Waals surface area contributed by atoms with Gasteiger partial charge in [-0.3, -0.25) is 9.20 Å². The van der Waals surface area contributed by atoms with Crippen molar-refractivity contribution < 1.29 is 14.3 Å². The maximum Gasteiger partial charge on any atom is 0.338 e. The van der Waals surface area contributed by atoms with E-state index in [-0.39, 0.29) is 12.2 Å². The van der Waals surface area contributed by atoms with Crippen LogP contribution in [-0.2, 0) is 11.3 Å². The molecule has 0 aliphatic heterocycles. The monoisotopic (exact) mass is 386 g/mol. The van der Waals surface area contributed by atoms with Gasteiger partial charge in [0.15, 0.2) is 0 Å². The van der Waals surface area contributed by atoms with Crippen LogP contribution in [0.1, 0.15) is 21.7 Å². The van der Waals surface area contributed by atoms with Gasteiger partial charge in [-0.05, 0) is 55.5 Å². The largest absolute Gasteiger partial charge is 0.457 e. The first-order chi connectivity index (χ1) is 14.1. The summed E-state index contributed by atoms with van der Waals surface area (Å²) >= 11 is 0. The number of carbonyl (C=O) groups excluding carboxylic acids is 1. The molecule has 0 atom stereocenters. The van der Waals surface area contributed by atoms with Crippen molar-refractivity contribution in [1.29, 1.82) is 0 Å². The van der Waals surface area contributed by atoms with Crippen LogP contribution in [0.3, 0.4) is 0 Å². The van der Waals surface area contributed by atoms with Crippen LogP contribution in [0.2, 0.25) is 0 Å². The van der Waals surface area contributed by atoms with Gasteiger partial charge in [-0.1, -0.05) is 24.3 Å². The van der Waals surface area contributed by atoms with Crippen LogP contribution in [0.5, 0.6) is 11.5 Å². The molecule has 2 aromatic carbocycles. The Morgan fingerprint density at radius 1 is 0.931 bits per heavy atom. The lowest BCUT2D eigenvalue weighted by molar-refractivity contribution is 0.0467. The first-order valence-electron chi connectivity index (χ1n) is 9.08. The standard InChI is InChI=1S/C23H18N2O4/c1-16-6-5-9-21-24-18(14-22(26)25(16)21)15-28-23(27)17-10-12-20(13-11-17)29-19-7-3-2-4-8-19/h2-14H,15H2,1H3. The molecule has 0 spiro atoms. The Bertz CT molecular complexity index is 1220. The Hall–Kier alpha value is -3.93. The minimum Gasteiger partial charge on any atom is -0.457 e. The van der Waals surface area contributed by atoms with Gasteiger partial charge in [0.25, 0.3) is 5.56 Å². The summed E-state index contributed by atoms with van der Waals surface area (Å²) in [4.78, 5) is 29.0. The number of benzene rings is 2. The van der Waals surface area contributed by atoms with Crippen LogP contribution in [-0.4, -0.2) is 15.4 Å². The molecule has 2 heterocycles. The number of aromatic nitrogens is 2. The van der Waals surface area contributed by atoms with E-state index in [1.807, 2.05) is 49.4 Å². The molecular weight excluding hydrogens is 368 g/mol. The molecule has 4 rings (SSSR count). The Kier molecular flexibility index (Phi) is 5.07. The summed E-state index contributed by atoms with van der Waals surface area (Å²) < 4.78 is 12.5. The van der Waals surface area contributed by atoms with Gasteiger partial charge in [0, 0.05) is 11.8 Å². The lowest BCUT2D eigenvalue weighted by Crippen LogP contribution is -2.18. The molecular formula is C23H18N2O4. The van der Waals surface area contributed by atoms with Gasteiger partial charge in [0.2, 0.25) is 0 Å². The number of aryl methyl sites for hydroxylation is 1. The maximum absolute atomic E-state index is 12.3. The molecule has 6 nitrogen and oxygen atoms in total. The Balaban J connectivity index is 1.43. The zero-order valence-electron chi connectivity index (χ0n) is 15.7. The van der Waals surface area contributed by atoms with Gasteiger partial charge in [-0.2, -0.15) is 0 Å². The van der Waals surface area contributed by atoms with Crippen molar-refractivity contribution in [3.63, 3.8) is 0 Å². The van der Waals surface area contributed by atoms with E-state index >= 15 is 0 Å². The van der Waals surface area contributed by atoms with Crippen LogP contribution in [0.15, 0.2) is 83.7 Å². The van der Waals surface area contributed by atoms with E-state index in [0.29, 0.717) is 28.4 Å². The number of nitrogens with zero attached hydrogens (tertiary/aromatic N) is 2. The van der Waals surface area contributed by atoms with Crippen LogP contribution in [0.4, 0.5) is 0 Å². The molecule has 0 N–H and O–H groups in total. The van der Waals surface area contributed by atoms with E-state index in [9.17, 15) is 9.59 Å². The first-order valence-corrected chi connectivity index (χ1v) is 9.08. The summed E-state index contributed by atoms with van der Waals surface area (Å²) in [5.41, 5.74) is 1.89. The quantitative estimate of drug-likeness (QED) is 0.482. The lowest BCUT2D eigenvalue weighted by atomic mass is 10.2. The first kappa shape index (κ1) is 18.4. The van der Waals surface area contributed by atoms with Crippen molar-refractivity contribution in [3.05, 3.63) is 106 Å². The van der Waals surface area contributed by atoms with Gasteiger partial charge < -0.3 is 9.47 Å². The molecule has 4 aromatic rings. The van der Waals surface area contributed by atoms with Crippen LogP contribution in [0.25, 0.3) is 5.65 Å². The number of para-hydroxylation sites is 1. The van der Waals surface area contributed by atoms with Crippen LogP contribution < -0.4 is 10.3 Å². The molecule has 0 saturated heterocycles. The summed E-state index contributed by atoms with van der Waals surface area (Å²) in [5, 5.41) is 0. The zero-order chi connectivity index (χ0) is 20.2. The number of pyridine rings is 1. The van der Waals surface area contributed by atoms with E-state index in [2.05, 4.69) is 4.98 Å². The van der Waals surface area contributed by atoms with Gasteiger partial charge >= 0.3 is 5.97 Å². The third-order valence-electron chi connectivity index (χ3n) is 4.35. The smallest absolute Gasteiger partial charge is 0.338 e. The SMILES string of the molecule is Cc1cccc2nc(COC(=O)c3ccc(Oc4ccccc4)cc3)cc(=O)n12. The summed E-state index contributed by atoms with van der Waals surface area (Å²) in [6, 6.07) is 22.8. The third-order valence-corrected chi connectivity index (χ3v) is 4.35. The molecule has 0 fully saturated rings. The van der Waals surface area contributed by atoms with Crippen LogP contribution >= 0.6 is 0 Å². The van der Waals surface area contributed by atoms with E-state index in [1.165, 1.54) is 10.5 Å². The van der Waals surface area contributed by atoms with Crippen molar-refractivity contribution in [2.75, 3.05) is 0 Å². The summed E-state index contributed by atoms with van der Waals surface area (Å²) in [6.07, 6.45) is 0. The number of rotatable bonds is 5. The second kappa shape index (κ2) is 7.98. The van der Waals surface area contributed by atoms with E-state index < -0.39 is 5.97 Å². The number of carbonyl (C=O) groups is 1. The molecule has 0 unspecified atom stereocenters. The van der Waals surface area contributed by atoms with Crippen molar-refractivity contribution in [2.45, 2.75) is 13.5 Å². The predicted molar refractivity (Wildman–Crippen MR) is 108 cm³/mol. The predicted octanol–water partition coefficient (Wildman–Crippen LogP) is 4.15. The molecule has 0 aliphatic carbocycles. The summed E-state index contributed by atoms with van der Waals surface area (Å²) in [6.45, 7) is 1.75. The summed E-state index contributed by atoms with van der Waals surface area (Å²) in [7, 11) is 0. The molecule has 29 heavy (non-hydrogen) atoms. The van der Waals surface area contributed by atoms with E-state index in [4.69, 9.17) is 9.47 Å². The minimum absolute atomic E-state index is 0.0826. The second-order valence-electron chi connectivity index (χ2n) is 6.46. The fourth-order valence-electron chi connectivity index (χ4n) is 2.94. The highest BCUT2D eigenvalue weighted by Gasteiger charge is 2.10. The molecule has 0 saturated carbocycles. The van der Waals surface area contributed by atoms with Crippen LogP contribution in [0, 0.1) is 6.92 Å². The lowest BCUT2D eigenvalue weighted by Gasteiger charge is -2.08. The molecule has 2 aromatic heterocycles. The highest BCUT2D eigenvalue weighted by atomic mass is 16.5. The van der Waals surface area contributed by atoms with Gasteiger partial charge in [-0.15, -0.1) is 0 Å². The Morgan fingerprint density at radius 2 is 1.66 bits per heavy atom. The number of fused-ring (bicyclic) bond motifs is 1. The van der Waals surface area contributed by atoms with E-state index in [0.717, 1.165) is 5.69 Å². The minimum atomic E-state index is -0.498. The fraction of sp³-hybridized carbons (Fsp3) is 0.0870. The zero-order valence-corrected chi connectivity index (χ0v) is 15.7. The third kappa shape index (κ3) is 4.16. The van der Waals surface area contributed by atoms with Crippen molar-refractivity contribution in [1.82, 2.24) is 9.38 Å². The number of hydrogen-bond acceptors (Lipinski definition) is 5. The average Bonchev–Trinajstić information content (AvgIpc) is 2.73. The van der Waals surface area contributed by atoms with Gasteiger partial charge in [0.05, 0.1) is 11.3 Å². The number of esters is 1. The molecule has 0 amide bonds. The van der Waals surface area contributed by atoms with E-state index in [1.54, 1.807) is 30.3 Å². The topological polar surface area (TPSA) is 69.9 Å². The molecule has 0 aliphatic rings. The fourth-order valence-corrected chi connectivity index (χ4v) is 2.94. The molecule has 0 radical (unpaired) electrons. The normalized spacial score (nSPS) is 10.7. The highest BCUT2D eigenvalue weighted by molar-refractivity contribution is 5.89. The van der Waals surface area contributed by atoms with Gasteiger partial charge in [-0.25, -0.2) is 9.78 Å². The molecule has 144 valence electrons. The average molecular weight is 386 g/mol. The van der Waals surface area contributed by atoms with Crippen molar-refractivity contribution in [3.8, 4) is 11.5 Å². The molecule has 6 heteroatoms. The van der Waals surface area contributed by atoms with Crippen molar-refractivity contribution >= 4 is 11.6 Å². The Labute approximate surface area is 167 Å². The second-order valence-corrected chi connectivity index (χ2v) is 6.46. The maximum atomic E-state index is 12.3. The molecule has 0 bridgehead atoms. The number of ether oxygens (including phenoxy) is 2. The van der Waals surface area contributed by atoms with Crippen molar-refractivity contribution in [2.24, 2.45) is 0 Å². The number of hydrogen-bond donors (Lipinski definition) is 0.